The van der Waals surface area contributed by atoms with Crippen LogP contribution in [0.25, 0.3) is 0 Å². The zero-order valence-corrected chi connectivity index (χ0v) is 16.7. The molecule has 0 unspecified atom stereocenters. The Morgan fingerprint density at radius 2 is 1.38 bits per heavy atom. The molecule has 2 aliphatic carbocycles. The van der Waals surface area contributed by atoms with Crippen LogP contribution in [0.5, 0.6) is 5.75 Å². The van der Waals surface area contributed by atoms with Crippen LogP contribution in [0.1, 0.15) is 61.7 Å². The molecular formula is C22H28O7. The molecule has 0 saturated heterocycles. The smallest absolute Gasteiger partial charge is 0.338 e. The normalized spacial score (nSPS) is 27.1. The first-order valence-electron chi connectivity index (χ1n) is 10.2. The lowest BCUT2D eigenvalue weighted by Crippen LogP contribution is -2.28. The Balaban J connectivity index is 1.46. The predicted molar refractivity (Wildman–Crippen MR) is 104 cm³/mol. The van der Waals surface area contributed by atoms with Gasteiger partial charge in [-0.25, -0.2) is 4.79 Å². The molecule has 7 heteroatoms. The van der Waals surface area contributed by atoms with Crippen molar-refractivity contribution in [3.05, 3.63) is 29.8 Å². The first kappa shape index (κ1) is 21.3. The fraction of sp³-hybridized carbons (Fsp3) is 0.591. The Labute approximate surface area is 170 Å². The molecule has 1 aromatic rings. The van der Waals surface area contributed by atoms with Crippen molar-refractivity contribution in [2.75, 3.05) is 7.11 Å². The average molecular weight is 404 g/mol. The minimum absolute atomic E-state index is 0.119. The molecule has 2 saturated carbocycles. The van der Waals surface area contributed by atoms with E-state index in [1.807, 2.05) is 0 Å². The largest absolute Gasteiger partial charge is 0.481 e. The number of methoxy groups -OCH3 is 1. The second-order valence-electron chi connectivity index (χ2n) is 7.87. The summed E-state index contributed by atoms with van der Waals surface area (Å²) in [6, 6.07) is 6.35. The molecule has 1 N–H and O–H groups in total. The second kappa shape index (κ2) is 9.87. The SMILES string of the molecule is COC1CCC(C(=O)Oc2ccc(C(=O)OC3CCC(C(=O)O)CC3)cc2)CC1. The molecule has 0 heterocycles. The molecule has 7 nitrogen and oxygen atoms in total. The number of carbonyl (C=O) groups excluding carboxylic acids is 2. The molecule has 0 radical (unpaired) electrons. The van der Waals surface area contributed by atoms with E-state index in [0.29, 0.717) is 37.0 Å². The highest BCUT2D eigenvalue weighted by Gasteiger charge is 2.29. The van der Waals surface area contributed by atoms with Gasteiger partial charge in [-0.15, -0.1) is 0 Å². The number of hydrogen-bond acceptors (Lipinski definition) is 6. The highest BCUT2D eigenvalue weighted by atomic mass is 16.5. The standard InChI is InChI=1S/C22H28O7/c1-27-17-8-4-15(5-9-17)21(25)29-19-12-6-16(7-13-19)22(26)28-18-10-2-14(3-11-18)20(23)24/h6-7,12-15,17-18H,2-5,8-11H2,1H3,(H,23,24). The third kappa shape index (κ3) is 5.79. The third-order valence-corrected chi connectivity index (χ3v) is 5.95. The van der Waals surface area contributed by atoms with Crippen LogP contribution >= 0.6 is 0 Å². The van der Waals surface area contributed by atoms with Crippen molar-refractivity contribution >= 4 is 17.9 Å². The molecule has 0 amide bonds. The number of carboxylic acids is 1. The van der Waals surface area contributed by atoms with E-state index in [4.69, 9.17) is 19.3 Å². The topological polar surface area (TPSA) is 99.1 Å². The van der Waals surface area contributed by atoms with E-state index in [9.17, 15) is 14.4 Å². The number of esters is 2. The highest BCUT2D eigenvalue weighted by Crippen LogP contribution is 2.29. The Morgan fingerprint density at radius 3 is 1.93 bits per heavy atom. The number of hydrogen-bond donors (Lipinski definition) is 1. The summed E-state index contributed by atoms with van der Waals surface area (Å²) in [6.07, 6.45) is 5.36. The lowest BCUT2D eigenvalue weighted by molar-refractivity contribution is -0.143. The molecule has 0 atom stereocenters. The number of benzene rings is 1. The molecule has 0 aliphatic heterocycles. The summed E-state index contributed by atoms with van der Waals surface area (Å²) < 4.78 is 16.3. The van der Waals surface area contributed by atoms with Gasteiger partial charge in [-0.1, -0.05) is 0 Å². The van der Waals surface area contributed by atoms with Crippen molar-refractivity contribution < 1.29 is 33.7 Å². The Morgan fingerprint density at radius 1 is 0.828 bits per heavy atom. The van der Waals surface area contributed by atoms with Crippen LogP contribution in [-0.2, 0) is 19.1 Å². The lowest BCUT2D eigenvalue weighted by Gasteiger charge is -2.26. The second-order valence-corrected chi connectivity index (χ2v) is 7.87. The van der Waals surface area contributed by atoms with Gasteiger partial charge in [0.15, 0.2) is 0 Å². The van der Waals surface area contributed by atoms with Gasteiger partial charge >= 0.3 is 17.9 Å². The van der Waals surface area contributed by atoms with Crippen molar-refractivity contribution in [1.29, 1.82) is 0 Å². The van der Waals surface area contributed by atoms with Crippen molar-refractivity contribution in [3.63, 3.8) is 0 Å². The molecule has 2 aliphatic rings. The van der Waals surface area contributed by atoms with Gasteiger partial charge < -0.3 is 19.3 Å². The van der Waals surface area contributed by atoms with Gasteiger partial charge in [0.2, 0.25) is 0 Å². The van der Waals surface area contributed by atoms with Crippen molar-refractivity contribution in [3.8, 4) is 5.75 Å². The fourth-order valence-corrected chi connectivity index (χ4v) is 4.04. The summed E-state index contributed by atoms with van der Waals surface area (Å²) in [7, 11) is 1.69. The number of aliphatic carboxylic acids is 1. The molecule has 0 spiro atoms. The van der Waals surface area contributed by atoms with E-state index in [0.717, 1.165) is 25.7 Å². The quantitative estimate of drug-likeness (QED) is 0.571. The number of rotatable bonds is 6. The molecule has 29 heavy (non-hydrogen) atoms. The maximum absolute atomic E-state index is 12.3. The molecule has 2 fully saturated rings. The van der Waals surface area contributed by atoms with Crippen LogP contribution in [0.15, 0.2) is 24.3 Å². The maximum atomic E-state index is 12.3. The van der Waals surface area contributed by atoms with Crippen LogP contribution in [0.4, 0.5) is 0 Å². The first-order chi connectivity index (χ1) is 14.0. The summed E-state index contributed by atoms with van der Waals surface area (Å²) in [4.78, 5) is 35.6. The van der Waals surface area contributed by atoms with Crippen LogP contribution in [0.2, 0.25) is 0 Å². The monoisotopic (exact) mass is 404 g/mol. The number of carboxylic acid groups (broad SMARTS) is 1. The third-order valence-electron chi connectivity index (χ3n) is 5.95. The first-order valence-corrected chi connectivity index (χ1v) is 10.2. The van der Waals surface area contributed by atoms with E-state index < -0.39 is 11.9 Å². The number of carbonyl (C=O) groups is 3. The summed E-state index contributed by atoms with van der Waals surface area (Å²) in [5.74, 6) is -1.53. The summed E-state index contributed by atoms with van der Waals surface area (Å²) in [5, 5.41) is 9.03. The van der Waals surface area contributed by atoms with Gasteiger partial charge in [0.05, 0.1) is 23.5 Å². The van der Waals surface area contributed by atoms with Crippen LogP contribution in [-0.4, -0.2) is 42.3 Å². The summed E-state index contributed by atoms with van der Waals surface area (Å²) >= 11 is 0. The van der Waals surface area contributed by atoms with Gasteiger partial charge in [-0.05, 0) is 75.6 Å². The zero-order chi connectivity index (χ0) is 20.8. The lowest BCUT2D eigenvalue weighted by atomic mass is 9.87. The summed E-state index contributed by atoms with van der Waals surface area (Å²) in [5.41, 5.74) is 0.380. The van der Waals surface area contributed by atoms with E-state index in [2.05, 4.69) is 0 Å². The van der Waals surface area contributed by atoms with E-state index in [-0.39, 0.29) is 30.0 Å². The molecular weight excluding hydrogens is 376 g/mol. The van der Waals surface area contributed by atoms with Gasteiger partial charge in [0, 0.05) is 7.11 Å². The van der Waals surface area contributed by atoms with E-state index in [1.165, 1.54) is 0 Å². The van der Waals surface area contributed by atoms with Gasteiger partial charge in [-0.3, -0.25) is 9.59 Å². The van der Waals surface area contributed by atoms with E-state index >= 15 is 0 Å². The Hall–Kier alpha value is -2.41. The number of ether oxygens (including phenoxy) is 3. The van der Waals surface area contributed by atoms with Gasteiger partial charge in [0.25, 0.3) is 0 Å². The highest BCUT2D eigenvalue weighted by molar-refractivity contribution is 5.89. The fourth-order valence-electron chi connectivity index (χ4n) is 4.04. The van der Waals surface area contributed by atoms with E-state index in [1.54, 1.807) is 31.4 Å². The van der Waals surface area contributed by atoms with Crippen molar-refractivity contribution in [2.45, 2.75) is 63.6 Å². The molecule has 0 bridgehead atoms. The average Bonchev–Trinajstić information content (AvgIpc) is 2.74. The van der Waals surface area contributed by atoms with Gasteiger partial charge in [-0.2, -0.15) is 0 Å². The Bertz CT molecular complexity index is 711. The van der Waals surface area contributed by atoms with Gasteiger partial charge in [0.1, 0.15) is 11.9 Å². The predicted octanol–water partition coefficient (Wildman–Crippen LogP) is 3.60. The molecule has 1 aromatic carbocycles. The van der Waals surface area contributed by atoms with Crippen LogP contribution in [0.3, 0.4) is 0 Å². The van der Waals surface area contributed by atoms with Crippen LogP contribution in [0, 0.1) is 11.8 Å². The molecule has 0 aromatic heterocycles. The minimum atomic E-state index is -0.786. The summed E-state index contributed by atoms with van der Waals surface area (Å²) in [6.45, 7) is 0. The van der Waals surface area contributed by atoms with Crippen molar-refractivity contribution in [2.24, 2.45) is 11.8 Å². The minimum Gasteiger partial charge on any atom is -0.481 e. The Kier molecular flexibility index (Phi) is 7.25. The van der Waals surface area contributed by atoms with Crippen molar-refractivity contribution in [1.82, 2.24) is 0 Å². The zero-order valence-electron chi connectivity index (χ0n) is 16.7. The molecule has 158 valence electrons. The molecule has 3 rings (SSSR count). The maximum Gasteiger partial charge on any atom is 0.338 e. The van der Waals surface area contributed by atoms with Crippen LogP contribution < -0.4 is 4.74 Å².